The average Bonchev–Trinajstić information content (AvgIpc) is 2.77. The highest BCUT2D eigenvalue weighted by molar-refractivity contribution is 5.82. The molecule has 0 saturated heterocycles. The van der Waals surface area contributed by atoms with E-state index in [1.165, 1.54) is 0 Å². The number of rotatable bonds is 5. The number of hydrogen-bond donors (Lipinski definition) is 1. The molecule has 6 heteroatoms. The molecule has 1 N–H and O–H groups in total. The summed E-state index contributed by atoms with van der Waals surface area (Å²) in [6, 6.07) is 9.33. The second kappa shape index (κ2) is 6.69. The molecule has 0 spiro atoms. The lowest BCUT2D eigenvalue weighted by Gasteiger charge is -2.03. The van der Waals surface area contributed by atoms with Gasteiger partial charge in [0.2, 0.25) is 0 Å². The minimum absolute atomic E-state index is 0.148. The number of nitrogens with one attached hydrogen (secondary N) is 1. The summed E-state index contributed by atoms with van der Waals surface area (Å²) < 4.78 is 6.76. The van der Waals surface area contributed by atoms with Crippen LogP contribution in [0.2, 0.25) is 0 Å². The van der Waals surface area contributed by atoms with E-state index in [0.29, 0.717) is 0 Å². The van der Waals surface area contributed by atoms with Gasteiger partial charge in [0.1, 0.15) is 12.3 Å². The fourth-order valence-electron chi connectivity index (χ4n) is 1.91. The number of amides is 1. The average molecular weight is 286 g/mol. The Kier molecular flexibility index (Phi) is 4.71. The van der Waals surface area contributed by atoms with Crippen LogP contribution in [0.4, 0.5) is 0 Å². The molecular formula is C15H18N4O2. The van der Waals surface area contributed by atoms with Crippen LogP contribution in [0.1, 0.15) is 17.0 Å². The Morgan fingerprint density at radius 3 is 2.90 bits per heavy atom. The first-order valence-electron chi connectivity index (χ1n) is 6.55. The molecule has 1 heterocycles. The molecule has 1 amide bonds. The number of ether oxygens (including phenoxy) is 1. The van der Waals surface area contributed by atoms with Gasteiger partial charge in [-0.15, -0.1) is 0 Å². The summed E-state index contributed by atoms with van der Waals surface area (Å²) in [4.78, 5) is 11.8. The predicted molar refractivity (Wildman–Crippen MR) is 80.4 cm³/mol. The molecule has 110 valence electrons. The molecule has 0 radical (unpaired) electrons. The van der Waals surface area contributed by atoms with Crippen molar-refractivity contribution in [1.29, 1.82) is 0 Å². The molecule has 1 aromatic carbocycles. The van der Waals surface area contributed by atoms with Gasteiger partial charge in [-0.2, -0.15) is 10.2 Å². The number of benzene rings is 1. The van der Waals surface area contributed by atoms with Gasteiger partial charge in [0.05, 0.1) is 19.0 Å². The molecule has 0 fully saturated rings. The molecule has 0 aliphatic heterocycles. The SMILES string of the molecule is COc1cccc(/C=N/NC(=O)Cn2nc(C)cc2C)c1. The molecule has 2 rings (SSSR count). The minimum atomic E-state index is -0.222. The monoisotopic (exact) mass is 286 g/mol. The van der Waals surface area contributed by atoms with E-state index in [1.807, 2.05) is 44.2 Å². The van der Waals surface area contributed by atoms with Crippen molar-refractivity contribution in [3.8, 4) is 5.75 Å². The van der Waals surface area contributed by atoms with Gasteiger partial charge in [-0.1, -0.05) is 12.1 Å². The second-order valence-electron chi connectivity index (χ2n) is 4.65. The third-order valence-corrected chi connectivity index (χ3v) is 2.89. The molecule has 1 aromatic heterocycles. The Hall–Kier alpha value is -2.63. The first-order valence-corrected chi connectivity index (χ1v) is 6.55. The first-order chi connectivity index (χ1) is 10.1. The molecule has 0 unspecified atom stereocenters. The first kappa shape index (κ1) is 14.8. The number of hydrogen-bond acceptors (Lipinski definition) is 4. The zero-order chi connectivity index (χ0) is 15.2. The van der Waals surface area contributed by atoms with Crippen molar-refractivity contribution in [2.75, 3.05) is 7.11 Å². The quantitative estimate of drug-likeness (QED) is 0.671. The van der Waals surface area contributed by atoms with Crippen LogP contribution in [0.3, 0.4) is 0 Å². The summed E-state index contributed by atoms with van der Waals surface area (Å²) in [5.41, 5.74) is 5.16. The number of nitrogens with zero attached hydrogens (tertiary/aromatic N) is 3. The van der Waals surface area contributed by atoms with Gasteiger partial charge in [0.25, 0.3) is 5.91 Å². The standard InChI is InChI=1S/C15H18N4O2/c1-11-7-12(2)19(18-11)10-15(20)17-16-9-13-5-4-6-14(8-13)21-3/h4-9H,10H2,1-3H3,(H,17,20)/b16-9+. The Labute approximate surface area is 123 Å². The molecule has 6 nitrogen and oxygen atoms in total. The maximum atomic E-state index is 11.8. The Morgan fingerprint density at radius 1 is 1.43 bits per heavy atom. The summed E-state index contributed by atoms with van der Waals surface area (Å²) in [5.74, 6) is 0.522. The Morgan fingerprint density at radius 2 is 2.24 bits per heavy atom. The van der Waals surface area contributed by atoms with E-state index in [1.54, 1.807) is 18.0 Å². The molecule has 0 aliphatic carbocycles. The van der Waals surface area contributed by atoms with E-state index in [4.69, 9.17) is 4.74 Å². The van der Waals surface area contributed by atoms with Crippen molar-refractivity contribution in [2.45, 2.75) is 20.4 Å². The van der Waals surface area contributed by atoms with Crippen molar-refractivity contribution in [3.05, 3.63) is 47.3 Å². The summed E-state index contributed by atoms with van der Waals surface area (Å²) in [6.07, 6.45) is 1.57. The van der Waals surface area contributed by atoms with E-state index in [0.717, 1.165) is 22.7 Å². The van der Waals surface area contributed by atoms with Crippen LogP contribution in [0.15, 0.2) is 35.4 Å². The van der Waals surface area contributed by atoms with Gasteiger partial charge in [-0.3, -0.25) is 9.48 Å². The van der Waals surface area contributed by atoms with E-state index >= 15 is 0 Å². The fourth-order valence-corrected chi connectivity index (χ4v) is 1.91. The van der Waals surface area contributed by atoms with Gasteiger partial charge in [-0.25, -0.2) is 5.43 Å². The van der Waals surface area contributed by atoms with Crippen LogP contribution in [-0.4, -0.2) is 29.0 Å². The van der Waals surface area contributed by atoms with E-state index in [2.05, 4.69) is 15.6 Å². The number of carbonyl (C=O) groups is 1. The highest BCUT2D eigenvalue weighted by atomic mass is 16.5. The fraction of sp³-hybridized carbons (Fsp3) is 0.267. The number of carbonyl (C=O) groups excluding carboxylic acids is 1. The van der Waals surface area contributed by atoms with Gasteiger partial charge < -0.3 is 4.74 Å². The van der Waals surface area contributed by atoms with Crippen LogP contribution < -0.4 is 10.2 Å². The third kappa shape index (κ3) is 4.17. The number of hydrazone groups is 1. The highest BCUT2D eigenvalue weighted by Crippen LogP contribution is 2.10. The van der Waals surface area contributed by atoms with Crippen molar-refractivity contribution in [1.82, 2.24) is 15.2 Å². The topological polar surface area (TPSA) is 68.5 Å². The number of methoxy groups -OCH3 is 1. The maximum Gasteiger partial charge on any atom is 0.261 e. The van der Waals surface area contributed by atoms with Crippen molar-refractivity contribution in [2.24, 2.45) is 5.10 Å². The number of aromatic nitrogens is 2. The van der Waals surface area contributed by atoms with Gasteiger partial charge in [-0.05, 0) is 37.6 Å². The Bertz CT molecular complexity index is 661. The lowest BCUT2D eigenvalue weighted by atomic mass is 10.2. The van der Waals surface area contributed by atoms with E-state index < -0.39 is 0 Å². The molecule has 2 aromatic rings. The lowest BCUT2D eigenvalue weighted by Crippen LogP contribution is -2.24. The molecule has 0 saturated carbocycles. The van der Waals surface area contributed by atoms with Gasteiger partial charge in [0.15, 0.2) is 0 Å². The predicted octanol–water partition coefficient (Wildman–Crippen LogP) is 1.66. The third-order valence-electron chi connectivity index (χ3n) is 2.89. The van der Waals surface area contributed by atoms with Crippen molar-refractivity contribution >= 4 is 12.1 Å². The maximum absolute atomic E-state index is 11.8. The second-order valence-corrected chi connectivity index (χ2v) is 4.65. The van der Waals surface area contributed by atoms with E-state index in [9.17, 15) is 4.79 Å². The highest BCUT2D eigenvalue weighted by Gasteiger charge is 2.05. The summed E-state index contributed by atoms with van der Waals surface area (Å²) in [6.45, 7) is 3.95. The summed E-state index contributed by atoms with van der Waals surface area (Å²) >= 11 is 0. The van der Waals surface area contributed by atoms with Crippen LogP contribution in [-0.2, 0) is 11.3 Å². The molecular weight excluding hydrogens is 268 g/mol. The van der Waals surface area contributed by atoms with E-state index in [-0.39, 0.29) is 12.5 Å². The van der Waals surface area contributed by atoms with Crippen LogP contribution >= 0.6 is 0 Å². The molecule has 0 bridgehead atoms. The zero-order valence-corrected chi connectivity index (χ0v) is 12.3. The van der Waals surface area contributed by atoms with Crippen LogP contribution in [0.25, 0.3) is 0 Å². The van der Waals surface area contributed by atoms with Crippen molar-refractivity contribution in [3.63, 3.8) is 0 Å². The molecule has 0 atom stereocenters. The smallest absolute Gasteiger partial charge is 0.261 e. The Balaban J connectivity index is 1.91. The van der Waals surface area contributed by atoms with Crippen LogP contribution in [0.5, 0.6) is 5.75 Å². The van der Waals surface area contributed by atoms with Crippen LogP contribution in [0, 0.1) is 13.8 Å². The zero-order valence-electron chi connectivity index (χ0n) is 12.3. The van der Waals surface area contributed by atoms with Crippen molar-refractivity contribution < 1.29 is 9.53 Å². The lowest BCUT2D eigenvalue weighted by molar-refractivity contribution is -0.121. The normalized spacial score (nSPS) is 10.8. The van der Waals surface area contributed by atoms with Gasteiger partial charge >= 0.3 is 0 Å². The number of aryl methyl sites for hydroxylation is 2. The minimum Gasteiger partial charge on any atom is -0.497 e. The molecule has 21 heavy (non-hydrogen) atoms. The van der Waals surface area contributed by atoms with Gasteiger partial charge in [0, 0.05) is 5.69 Å². The summed E-state index contributed by atoms with van der Waals surface area (Å²) in [5, 5.41) is 8.15. The molecule has 0 aliphatic rings. The largest absolute Gasteiger partial charge is 0.497 e. The summed E-state index contributed by atoms with van der Waals surface area (Å²) in [7, 11) is 1.60.